The molecule has 5 atom stereocenters. The van der Waals surface area contributed by atoms with Crippen LogP contribution in [0.25, 0.3) is 0 Å². The van der Waals surface area contributed by atoms with E-state index in [9.17, 15) is 9.59 Å². The maximum Gasteiger partial charge on any atom is 0.248 e. The first kappa shape index (κ1) is 17.1. The van der Waals surface area contributed by atoms with Gasteiger partial charge in [0.1, 0.15) is 6.61 Å². The molecule has 5 rings (SSSR count). The highest BCUT2D eigenvalue weighted by atomic mass is 16.5. The molecule has 0 aromatic carbocycles. The first-order valence-corrected chi connectivity index (χ1v) is 10.0. The zero-order valence-corrected chi connectivity index (χ0v) is 15.7. The van der Waals surface area contributed by atoms with Crippen LogP contribution < -0.4 is 0 Å². The second-order valence-electron chi connectivity index (χ2n) is 8.33. The van der Waals surface area contributed by atoms with Gasteiger partial charge in [0.2, 0.25) is 11.8 Å². The van der Waals surface area contributed by atoms with Crippen LogP contribution in [0.4, 0.5) is 0 Å². The lowest BCUT2D eigenvalue weighted by Crippen LogP contribution is -2.44. The largest absolute Gasteiger partial charge is 0.375 e. The predicted molar refractivity (Wildman–Crippen MR) is 93.5 cm³/mol. The molecule has 27 heavy (non-hydrogen) atoms. The highest BCUT2D eigenvalue weighted by Gasteiger charge is 2.59. The second kappa shape index (κ2) is 6.54. The van der Waals surface area contributed by atoms with Crippen molar-refractivity contribution in [2.75, 3.05) is 26.8 Å². The molecule has 4 aliphatic rings. The number of hydrogen-bond donors (Lipinski definition) is 0. The van der Waals surface area contributed by atoms with Gasteiger partial charge in [0.05, 0.1) is 5.92 Å². The fraction of sp³-hybridized carbons (Fsp3) is 0.833. The van der Waals surface area contributed by atoms with Gasteiger partial charge in [-0.1, -0.05) is 6.42 Å². The summed E-state index contributed by atoms with van der Waals surface area (Å²) in [7, 11) is 1.55. The molecular formula is C18H26N6O3. The number of carbonyl (C=O) groups excluding carboxylic acids is 2. The average molecular weight is 374 g/mol. The molecular weight excluding hydrogens is 348 g/mol. The van der Waals surface area contributed by atoms with Crippen molar-refractivity contribution in [3.05, 3.63) is 5.82 Å². The summed E-state index contributed by atoms with van der Waals surface area (Å²) in [5, 5.41) is 12.0. The van der Waals surface area contributed by atoms with Crippen LogP contribution in [0.5, 0.6) is 0 Å². The summed E-state index contributed by atoms with van der Waals surface area (Å²) in [6.45, 7) is 2.43. The molecule has 9 heteroatoms. The van der Waals surface area contributed by atoms with Crippen LogP contribution in [0, 0.1) is 11.8 Å². The molecule has 3 fully saturated rings. The minimum absolute atomic E-state index is 0.0621. The van der Waals surface area contributed by atoms with Gasteiger partial charge in [-0.05, 0) is 36.1 Å². The van der Waals surface area contributed by atoms with Crippen LogP contribution in [-0.2, 0) is 20.9 Å². The number of aromatic nitrogens is 4. The SMILES string of the molecule is COCC(=O)N1C[C@@H]2[C@H](C1)[C@@H]1CC[C@H]2N1C(=O)C1CCCCn2nnnc21. The lowest BCUT2D eigenvalue weighted by molar-refractivity contribution is -0.136. The van der Waals surface area contributed by atoms with E-state index in [1.165, 1.54) is 0 Å². The smallest absolute Gasteiger partial charge is 0.248 e. The standard InChI is InChI=1S/C18H26N6O3/c1-27-10-16(25)22-8-12-13(9-22)15-6-5-14(12)24(15)18(26)11-4-2-3-7-23-17(11)19-20-21-23/h11-15H,2-10H2,1H3/t11?,12-,13+,14-,15+. The number of methoxy groups -OCH3 is 1. The van der Waals surface area contributed by atoms with Gasteiger partial charge >= 0.3 is 0 Å². The van der Waals surface area contributed by atoms with Crippen molar-refractivity contribution in [2.45, 2.75) is 56.7 Å². The summed E-state index contributed by atoms with van der Waals surface area (Å²) in [5.41, 5.74) is 0. The Hall–Kier alpha value is -2.03. The summed E-state index contributed by atoms with van der Waals surface area (Å²) in [6.07, 6.45) is 4.93. The van der Waals surface area contributed by atoms with Crippen molar-refractivity contribution >= 4 is 11.8 Å². The first-order chi connectivity index (χ1) is 13.2. The first-order valence-electron chi connectivity index (χ1n) is 10.0. The van der Waals surface area contributed by atoms with Gasteiger partial charge in [0.15, 0.2) is 5.82 Å². The van der Waals surface area contributed by atoms with Gasteiger partial charge < -0.3 is 14.5 Å². The number of rotatable bonds is 3. The number of hydrogen-bond acceptors (Lipinski definition) is 6. The minimum atomic E-state index is -0.226. The monoisotopic (exact) mass is 374 g/mol. The fourth-order valence-electron chi connectivity index (χ4n) is 5.89. The molecule has 1 unspecified atom stereocenters. The van der Waals surface area contributed by atoms with E-state index in [1.54, 1.807) is 11.8 Å². The number of likely N-dealkylation sites (tertiary alicyclic amines) is 1. The van der Waals surface area contributed by atoms with Crippen molar-refractivity contribution in [3.63, 3.8) is 0 Å². The Morgan fingerprint density at radius 1 is 1.11 bits per heavy atom. The van der Waals surface area contributed by atoms with Crippen molar-refractivity contribution in [2.24, 2.45) is 11.8 Å². The van der Waals surface area contributed by atoms with Gasteiger partial charge in [-0.2, -0.15) is 0 Å². The summed E-state index contributed by atoms with van der Waals surface area (Å²) in [6, 6.07) is 0.501. The van der Waals surface area contributed by atoms with E-state index in [2.05, 4.69) is 20.4 Å². The maximum atomic E-state index is 13.5. The third-order valence-corrected chi connectivity index (χ3v) is 7.03. The minimum Gasteiger partial charge on any atom is -0.375 e. The van der Waals surface area contributed by atoms with Crippen LogP contribution in [0.2, 0.25) is 0 Å². The molecule has 2 bridgehead atoms. The van der Waals surface area contributed by atoms with E-state index in [0.717, 1.165) is 57.6 Å². The lowest BCUT2D eigenvalue weighted by Gasteiger charge is -2.29. The molecule has 1 aromatic rings. The molecule has 5 heterocycles. The van der Waals surface area contributed by atoms with E-state index >= 15 is 0 Å². The average Bonchev–Trinajstić information content (AvgIpc) is 3.40. The van der Waals surface area contributed by atoms with Crippen LogP contribution in [-0.4, -0.2) is 80.7 Å². The Balaban J connectivity index is 1.35. The summed E-state index contributed by atoms with van der Waals surface area (Å²) in [4.78, 5) is 29.8. The third kappa shape index (κ3) is 2.58. The number of fused-ring (bicyclic) bond motifs is 6. The number of tetrazole rings is 1. The molecule has 4 aliphatic heterocycles. The summed E-state index contributed by atoms with van der Waals surface area (Å²) in [5.74, 6) is 1.56. The highest BCUT2D eigenvalue weighted by Crippen LogP contribution is 2.50. The van der Waals surface area contributed by atoms with E-state index in [0.29, 0.717) is 11.8 Å². The van der Waals surface area contributed by atoms with E-state index < -0.39 is 0 Å². The zero-order chi connectivity index (χ0) is 18.5. The maximum absolute atomic E-state index is 13.5. The van der Waals surface area contributed by atoms with Crippen LogP contribution in [0.3, 0.4) is 0 Å². The van der Waals surface area contributed by atoms with Gasteiger partial charge in [-0.3, -0.25) is 9.59 Å². The van der Waals surface area contributed by atoms with Gasteiger partial charge in [0, 0.05) is 50.7 Å². The van der Waals surface area contributed by atoms with Crippen molar-refractivity contribution < 1.29 is 14.3 Å². The lowest BCUT2D eigenvalue weighted by atomic mass is 9.82. The Morgan fingerprint density at radius 2 is 1.85 bits per heavy atom. The Bertz CT molecular complexity index is 731. The Morgan fingerprint density at radius 3 is 2.56 bits per heavy atom. The van der Waals surface area contributed by atoms with E-state index in [4.69, 9.17) is 4.74 Å². The topological polar surface area (TPSA) is 93.5 Å². The fourth-order valence-corrected chi connectivity index (χ4v) is 5.89. The quantitative estimate of drug-likeness (QED) is 0.741. The number of amides is 2. The Labute approximate surface area is 158 Å². The van der Waals surface area contributed by atoms with Crippen LogP contribution >= 0.6 is 0 Å². The molecule has 3 saturated heterocycles. The second-order valence-corrected chi connectivity index (χ2v) is 8.33. The highest BCUT2D eigenvalue weighted by molar-refractivity contribution is 5.84. The molecule has 0 saturated carbocycles. The van der Waals surface area contributed by atoms with Gasteiger partial charge in [-0.15, -0.1) is 5.10 Å². The number of carbonyl (C=O) groups is 2. The van der Waals surface area contributed by atoms with Crippen molar-refractivity contribution in [3.8, 4) is 0 Å². The summed E-state index contributed by atoms with van der Waals surface area (Å²) < 4.78 is 6.81. The van der Waals surface area contributed by atoms with Gasteiger partial charge in [-0.25, -0.2) is 4.68 Å². The van der Waals surface area contributed by atoms with Crippen LogP contribution in [0.1, 0.15) is 43.8 Å². The Kier molecular flexibility index (Phi) is 4.14. The van der Waals surface area contributed by atoms with Crippen molar-refractivity contribution in [1.29, 1.82) is 0 Å². The van der Waals surface area contributed by atoms with Gasteiger partial charge in [0.25, 0.3) is 0 Å². The molecule has 0 aliphatic carbocycles. The molecule has 0 spiro atoms. The molecule has 0 radical (unpaired) electrons. The zero-order valence-electron chi connectivity index (χ0n) is 15.7. The predicted octanol–water partition coefficient (Wildman–Crippen LogP) is 0.0348. The number of ether oxygens (including phenoxy) is 1. The molecule has 0 N–H and O–H groups in total. The van der Waals surface area contributed by atoms with E-state index in [1.807, 2.05) is 4.90 Å². The number of aryl methyl sites for hydroxylation is 1. The van der Waals surface area contributed by atoms with Crippen LogP contribution in [0.15, 0.2) is 0 Å². The number of nitrogens with zero attached hydrogens (tertiary/aromatic N) is 6. The normalized spacial score (nSPS) is 34.5. The van der Waals surface area contributed by atoms with E-state index in [-0.39, 0.29) is 36.4 Å². The van der Waals surface area contributed by atoms with Crippen molar-refractivity contribution in [1.82, 2.24) is 30.0 Å². The molecule has 146 valence electrons. The molecule has 1 aromatic heterocycles. The molecule has 9 nitrogen and oxygen atoms in total. The third-order valence-electron chi connectivity index (χ3n) is 7.03. The summed E-state index contributed by atoms with van der Waals surface area (Å²) >= 11 is 0. The molecule has 2 amide bonds.